The van der Waals surface area contributed by atoms with Crippen molar-refractivity contribution >= 4 is 29.9 Å². The average Bonchev–Trinajstić information content (AvgIpc) is 3.23. The third kappa shape index (κ3) is 6.88. The van der Waals surface area contributed by atoms with Crippen molar-refractivity contribution in [3.8, 4) is 5.75 Å². The lowest BCUT2D eigenvalue weighted by Crippen LogP contribution is -2.46. The van der Waals surface area contributed by atoms with E-state index in [1.54, 1.807) is 36.4 Å². The van der Waals surface area contributed by atoms with Gasteiger partial charge in [0.2, 0.25) is 0 Å². The van der Waals surface area contributed by atoms with Crippen LogP contribution < -0.4 is 20.7 Å². The highest BCUT2D eigenvalue weighted by molar-refractivity contribution is 6.02. The van der Waals surface area contributed by atoms with Gasteiger partial charge in [-0.1, -0.05) is 6.07 Å². The number of benzene rings is 1. The number of nitrogens with one attached hydrogen (secondary N) is 3. The summed E-state index contributed by atoms with van der Waals surface area (Å²) in [6.07, 6.45) is 1.44. The van der Waals surface area contributed by atoms with Crippen molar-refractivity contribution in [1.29, 1.82) is 0 Å². The van der Waals surface area contributed by atoms with Gasteiger partial charge in [0.15, 0.2) is 12.4 Å². The molecule has 0 aliphatic carbocycles. The van der Waals surface area contributed by atoms with Crippen LogP contribution in [0.15, 0.2) is 47.1 Å². The van der Waals surface area contributed by atoms with Gasteiger partial charge in [0.05, 0.1) is 6.26 Å². The molecule has 0 unspecified atom stereocenters. The molecule has 3 N–H and O–H groups in total. The molecule has 8 nitrogen and oxygen atoms in total. The third-order valence-corrected chi connectivity index (χ3v) is 4.17. The van der Waals surface area contributed by atoms with Gasteiger partial charge in [0.25, 0.3) is 11.8 Å². The van der Waals surface area contributed by atoms with Crippen LogP contribution in [0.2, 0.25) is 0 Å². The first kappa shape index (κ1) is 21.7. The Balaban J connectivity index is 0.00000280. The first-order valence-electron chi connectivity index (χ1n) is 8.98. The molecule has 0 saturated carbocycles. The second kappa shape index (κ2) is 11.3. The molecule has 28 heavy (non-hydrogen) atoms. The normalized spacial score (nSPS) is 14.0. The maximum atomic E-state index is 12.0. The van der Waals surface area contributed by atoms with Crippen LogP contribution in [-0.4, -0.2) is 62.6 Å². The number of halogens is 1. The van der Waals surface area contributed by atoms with Crippen molar-refractivity contribution < 1.29 is 18.7 Å². The van der Waals surface area contributed by atoms with Crippen molar-refractivity contribution in [3.63, 3.8) is 0 Å². The van der Waals surface area contributed by atoms with E-state index in [4.69, 9.17) is 9.15 Å². The standard InChI is InChI=1S/C19H24N4O4.ClH/c24-18(21-8-11-23-9-6-20-7-10-23)14-27-16-4-1-3-15(13-16)22-19(25)17-5-2-12-26-17;/h1-5,12-13,20H,6-11,14H2,(H,21,24)(H,22,25);1H. The fourth-order valence-corrected chi connectivity index (χ4v) is 2.75. The van der Waals surface area contributed by atoms with E-state index < -0.39 is 0 Å². The summed E-state index contributed by atoms with van der Waals surface area (Å²) in [6, 6.07) is 10.1. The topological polar surface area (TPSA) is 95.8 Å². The molecule has 1 saturated heterocycles. The lowest BCUT2D eigenvalue weighted by atomic mass is 10.3. The van der Waals surface area contributed by atoms with Crippen LogP contribution >= 0.6 is 12.4 Å². The lowest BCUT2D eigenvalue weighted by Gasteiger charge is -2.27. The Morgan fingerprint density at radius 1 is 1.18 bits per heavy atom. The van der Waals surface area contributed by atoms with Gasteiger partial charge in [-0.15, -0.1) is 12.4 Å². The van der Waals surface area contributed by atoms with Crippen LogP contribution in [0, 0.1) is 0 Å². The van der Waals surface area contributed by atoms with E-state index >= 15 is 0 Å². The Labute approximate surface area is 170 Å². The van der Waals surface area contributed by atoms with E-state index in [1.165, 1.54) is 6.26 Å². The molecule has 1 aromatic heterocycles. The molecule has 1 aliphatic heterocycles. The highest BCUT2D eigenvalue weighted by Crippen LogP contribution is 2.18. The molecule has 1 fully saturated rings. The average molecular weight is 409 g/mol. The first-order chi connectivity index (χ1) is 13.2. The Morgan fingerprint density at radius 3 is 2.75 bits per heavy atom. The molecule has 0 radical (unpaired) electrons. The van der Waals surface area contributed by atoms with Gasteiger partial charge >= 0.3 is 0 Å². The SMILES string of the molecule is Cl.O=C(COc1cccc(NC(=O)c2ccco2)c1)NCCN1CCNCC1. The maximum Gasteiger partial charge on any atom is 0.291 e. The monoisotopic (exact) mass is 408 g/mol. The van der Waals surface area contributed by atoms with Gasteiger partial charge in [0.1, 0.15) is 5.75 Å². The molecule has 9 heteroatoms. The highest BCUT2D eigenvalue weighted by atomic mass is 35.5. The minimum atomic E-state index is -0.345. The van der Waals surface area contributed by atoms with Gasteiger partial charge in [-0.3, -0.25) is 14.5 Å². The van der Waals surface area contributed by atoms with Crippen LogP contribution in [0.25, 0.3) is 0 Å². The zero-order valence-corrected chi connectivity index (χ0v) is 16.3. The number of anilines is 1. The van der Waals surface area contributed by atoms with E-state index in [9.17, 15) is 9.59 Å². The summed E-state index contributed by atoms with van der Waals surface area (Å²) in [5.41, 5.74) is 0.563. The van der Waals surface area contributed by atoms with Crippen LogP contribution in [0.1, 0.15) is 10.6 Å². The number of piperazine rings is 1. The van der Waals surface area contributed by atoms with Crippen LogP contribution in [0.4, 0.5) is 5.69 Å². The summed E-state index contributed by atoms with van der Waals surface area (Å²) in [6.45, 7) is 5.35. The molecule has 0 bridgehead atoms. The van der Waals surface area contributed by atoms with Crippen LogP contribution in [-0.2, 0) is 4.79 Å². The Morgan fingerprint density at radius 2 is 2.00 bits per heavy atom. The second-order valence-electron chi connectivity index (χ2n) is 6.19. The minimum Gasteiger partial charge on any atom is -0.484 e. The molecular formula is C19H25ClN4O4. The maximum absolute atomic E-state index is 12.0. The Hall–Kier alpha value is -2.55. The summed E-state index contributed by atoms with van der Waals surface area (Å²) in [5, 5.41) is 8.87. The fourth-order valence-electron chi connectivity index (χ4n) is 2.75. The number of hydrogen-bond donors (Lipinski definition) is 3. The number of carbonyl (C=O) groups excluding carboxylic acids is 2. The van der Waals surface area contributed by atoms with Crippen molar-refractivity contribution in [3.05, 3.63) is 48.4 Å². The number of furan rings is 1. The molecule has 2 aromatic rings. The van der Waals surface area contributed by atoms with Gasteiger partial charge in [-0.2, -0.15) is 0 Å². The molecule has 1 aliphatic rings. The third-order valence-electron chi connectivity index (χ3n) is 4.17. The molecule has 152 valence electrons. The van der Waals surface area contributed by atoms with E-state index in [1.807, 2.05) is 0 Å². The molecular weight excluding hydrogens is 384 g/mol. The summed E-state index contributed by atoms with van der Waals surface area (Å²) in [4.78, 5) is 26.2. The molecule has 0 atom stereocenters. The number of ether oxygens (including phenoxy) is 1. The van der Waals surface area contributed by atoms with Crippen LogP contribution in [0.3, 0.4) is 0 Å². The van der Waals surface area contributed by atoms with Crippen molar-refractivity contribution in [2.75, 3.05) is 51.2 Å². The van der Waals surface area contributed by atoms with Crippen molar-refractivity contribution in [2.24, 2.45) is 0 Å². The van der Waals surface area contributed by atoms with E-state index in [0.717, 1.165) is 32.7 Å². The predicted molar refractivity (Wildman–Crippen MR) is 108 cm³/mol. The van der Waals surface area contributed by atoms with Gasteiger partial charge in [-0.25, -0.2) is 0 Å². The Kier molecular flexibility index (Phi) is 8.80. The lowest BCUT2D eigenvalue weighted by molar-refractivity contribution is -0.123. The predicted octanol–water partition coefficient (Wildman–Crippen LogP) is 1.35. The molecule has 3 rings (SSSR count). The number of rotatable bonds is 8. The summed E-state index contributed by atoms with van der Waals surface area (Å²) in [5.74, 6) is 0.215. The van der Waals surface area contributed by atoms with Gasteiger partial charge in [-0.05, 0) is 24.3 Å². The fraction of sp³-hybridized carbons (Fsp3) is 0.368. The zero-order valence-electron chi connectivity index (χ0n) is 15.5. The second-order valence-corrected chi connectivity index (χ2v) is 6.19. The molecule has 0 spiro atoms. The zero-order chi connectivity index (χ0) is 18.9. The van der Waals surface area contributed by atoms with Crippen molar-refractivity contribution in [1.82, 2.24) is 15.5 Å². The number of nitrogens with zero attached hydrogens (tertiary/aromatic N) is 1. The quantitative estimate of drug-likeness (QED) is 0.610. The van der Waals surface area contributed by atoms with Crippen LogP contribution in [0.5, 0.6) is 5.75 Å². The summed E-state index contributed by atoms with van der Waals surface area (Å²) < 4.78 is 10.6. The molecule has 2 amide bonds. The van der Waals surface area contributed by atoms with E-state index in [-0.39, 0.29) is 36.6 Å². The number of amides is 2. The molecule has 2 heterocycles. The first-order valence-corrected chi connectivity index (χ1v) is 8.98. The minimum absolute atomic E-state index is 0. The smallest absolute Gasteiger partial charge is 0.291 e. The van der Waals surface area contributed by atoms with Gasteiger partial charge in [0, 0.05) is 51.0 Å². The summed E-state index contributed by atoms with van der Waals surface area (Å²) in [7, 11) is 0. The van der Waals surface area contributed by atoms with E-state index in [2.05, 4.69) is 20.9 Å². The Bertz CT molecular complexity index is 748. The summed E-state index contributed by atoms with van der Waals surface area (Å²) >= 11 is 0. The van der Waals surface area contributed by atoms with Crippen molar-refractivity contribution in [2.45, 2.75) is 0 Å². The number of hydrogen-bond acceptors (Lipinski definition) is 6. The number of carbonyl (C=O) groups is 2. The van der Waals surface area contributed by atoms with E-state index in [0.29, 0.717) is 18.0 Å². The molecule has 1 aromatic carbocycles. The largest absolute Gasteiger partial charge is 0.484 e. The highest BCUT2D eigenvalue weighted by Gasteiger charge is 2.11. The van der Waals surface area contributed by atoms with Gasteiger partial charge < -0.3 is 25.1 Å².